The van der Waals surface area contributed by atoms with Crippen LogP contribution < -0.4 is 15.0 Å². The highest BCUT2D eigenvalue weighted by Crippen LogP contribution is 2.42. The number of hydrogen-bond acceptors (Lipinski definition) is 6. The molecule has 2 atom stereocenters. The van der Waals surface area contributed by atoms with Crippen LogP contribution in [0.5, 0.6) is 5.75 Å². The molecule has 40 heavy (non-hydrogen) atoms. The number of methoxy groups -OCH3 is 1. The number of thioether (sulfide) groups is 1. The van der Waals surface area contributed by atoms with Crippen molar-refractivity contribution < 1.29 is 14.3 Å². The van der Waals surface area contributed by atoms with Gasteiger partial charge in [0.1, 0.15) is 12.3 Å². The van der Waals surface area contributed by atoms with Crippen LogP contribution in [0.15, 0.2) is 53.4 Å². The zero-order chi connectivity index (χ0) is 27.9. The first-order chi connectivity index (χ1) is 19.5. The normalized spacial score (nSPS) is 22.8. The number of hydrogen-bond donors (Lipinski definition) is 1. The molecule has 3 fully saturated rings. The Morgan fingerprint density at radius 2 is 1.82 bits per heavy atom. The predicted molar refractivity (Wildman–Crippen MR) is 164 cm³/mol. The topological polar surface area (TPSA) is 65.1 Å². The molecule has 3 aliphatic rings. The smallest absolute Gasteiger partial charge is 0.261 e. The Bertz CT molecular complexity index is 1200. The van der Waals surface area contributed by atoms with Crippen molar-refractivity contribution in [3.8, 4) is 5.75 Å². The zero-order valence-electron chi connectivity index (χ0n) is 23.2. The van der Waals surface area contributed by atoms with Gasteiger partial charge in [-0.3, -0.25) is 14.5 Å². The third-order valence-electron chi connectivity index (χ3n) is 8.11. The monoisotopic (exact) mass is 582 g/mol. The Hall–Kier alpha value is -2.68. The lowest BCUT2D eigenvalue weighted by molar-refractivity contribution is -0.135. The molecular formula is C31H39ClN4O3S. The molecule has 1 aliphatic carbocycles. The lowest BCUT2D eigenvalue weighted by Gasteiger charge is -2.43. The molecule has 7 nitrogen and oxygen atoms in total. The van der Waals surface area contributed by atoms with E-state index in [4.69, 9.17) is 16.3 Å². The molecule has 2 aliphatic heterocycles. The van der Waals surface area contributed by atoms with Crippen molar-refractivity contribution in [2.75, 3.05) is 57.8 Å². The molecule has 2 saturated heterocycles. The number of anilines is 1. The largest absolute Gasteiger partial charge is 0.497 e. The molecule has 0 radical (unpaired) electrons. The number of fused-ring (bicyclic) bond motifs is 1. The van der Waals surface area contributed by atoms with Crippen LogP contribution in [0.2, 0.25) is 5.02 Å². The molecule has 9 heteroatoms. The molecule has 0 spiro atoms. The number of amides is 2. The number of nitrogens with one attached hydrogen (secondary N) is 1. The van der Waals surface area contributed by atoms with Gasteiger partial charge in [0.2, 0.25) is 5.91 Å². The lowest BCUT2D eigenvalue weighted by Crippen LogP contribution is -2.54. The highest BCUT2D eigenvalue weighted by atomic mass is 35.5. The van der Waals surface area contributed by atoms with Gasteiger partial charge in [0, 0.05) is 54.7 Å². The van der Waals surface area contributed by atoms with E-state index in [0.29, 0.717) is 21.7 Å². The van der Waals surface area contributed by atoms with Crippen molar-refractivity contribution in [1.29, 1.82) is 0 Å². The molecule has 2 unspecified atom stereocenters. The van der Waals surface area contributed by atoms with Gasteiger partial charge in [-0.15, -0.1) is 11.8 Å². The molecule has 0 aromatic heterocycles. The van der Waals surface area contributed by atoms with Gasteiger partial charge < -0.3 is 19.9 Å². The van der Waals surface area contributed by atoms with E-state index in [1.807, 2.05) is 47.4 Å². The molecule has 2 aromatic carbocycles. The van der Waals surface area contributed by atoms with E-state index in [-0.39, 0.29) is 24.4 Å². The lowest BCUT2D eigenvalue weighted by atomic mass is 9.93. The van der Waals surface area contributed by atoms with E-state index in [0.717, 1.165) is 76.1 Å². The van der Waals surface area contributed by atoms with Crippen LogP contribution in [-0.4, -0.2) is 85.8 Å². The Morgan fingerprint density at radius 1 is 1.07 bits per heavy atom. The summed E-state index contributed by atoms with van der Waals surface area (Å²) < 4.78 is 5.26. The molecule has 2 heterocycles. The summed E-state index contributed by atoms with van der Waals surface area (Å²) >= 11 is 8.03. The Labute approximate surface area is 246 Å². The molecular weight excluding hydrogens is 544 g/mol. The summed E-state index contributed by atoms with van der Waals surface area (Å²) in [6.07, 6.45) is 7.06. The quantitative estimate of drug-likeness (QED) is 0.335. The van der Waals surface area contributed by atoms with E-state index in [2.05, 4.69) is 27.2 Å². The number of carbonyl (C=O) groups excluding carboxylic acids is 2. The van der Waals surface area contributed by atoms with Gasteiger partial charge in [-0.1, -0.05) is 42.6 Å². The summed E-state index contributed by atoms with van der Waals surface area (Å²) in [6, 6.07) is 15.9. The van der Waals surface area contributed by atoms with Crippen molar-refractivity contribution in [3.63, 3.8) is 0 Å². The number of piperazine rings is 1. The highest BCUT2D eigenvalue weighted by Gasteiger charge is 2.41. The Balaban J connectivity index is 1.09. The molecule has 0 bridgehead atoms. The van der Waals surface area contributed by atoms with Crippen molar-refractivity contribution in [1.82, 2.24) is 15.1 Å². The molecule has 5 rings (SSSR count). The minimum absolute atomic E-state index is 0.0575. The van der Waals surface area contributed by atoms with Gasteiger partial charge in [0.25, 0.3) is 5.91 Å². The maximum Gasteiger partial charge on any atom is 0.261 e. The zero-order valence-corrected chi connectivity index (χ0v) is 24.8. The van der Waals surface area contributed by atoms with Crippen molar-refractivity contribution in [2.24, 2.45) is 0 Å². The minimum atomic E-state index is -0.0778. The van der Waals surface area contributed by atoms with Gasteiger partial charge >= 0.3 is 0 Å². The molecule has 2 aromatic rings. The standard InChI is InChI=1S/C31H39ClN4O3S/c1-39-25-13-11-24(12-14-25)35-19-17-34(18-20-35)16-6-15-33-30(37)22-36-27-9-4-5-10-28(27)40-29(31(36)38)21-23-7-2-3-8-26(23)32/h2-3,7-8,11-14,21,27-28H,4-6,9-10,15-20,22H2,1H3,(H,33,37)/b29-21+. The summed E-state index contributed by atoms with van der Waals surface area (Å²) in [5.41, 5.74) is 2.06. The molecule has 1 saturated carbocycles. The van der Waals surface area contributed by atoms with Gasteiger partial charge in [-0.25, -0.2) is 0 Å². The van der Waals surface area contributed by atoms with Crippen LogP contribution >= 0.6 is 23.4 Å². The summed E-state index contributed by atoms with van der Waals surface area (Å²) in [6.45, 7) is 5.66. The first-order valence-corrected chi connectivity index (χ1v) is 15.6. The number of carbonyl (C=O) groups is 2. The Kier molecular flexibility index (Phi) is 9.94. The summed E-state index contributed by atoms with van der Waals surface area (Å²) in [5.74, 6) is 0.740. The van der Waals surface area contributed by atoms with Crippen LogP contribution in [0, 0.1) is 0 Å². The van der Waals surface area contributed by atoms with Crippen LogP contribution in [-0.2, 0) is 9.59 Å². The van der Waals surface area contributed by atoms with Crippen molar-refractivity contribution in [2.45, 2.75) is 43.4 Å². The molecule has 2 amide bonds. The van der Waals surface area contributed by atoms with Crippen molar-refractivity contribution in [3.05, 3.63) is 64.0 Å². The number of rotatable bonds is 9. The third kappa shape index (κ3) is 7.14. The van der Waals surface area contributed by atoms with Crippen LogP contribution in [0.25, 0.3) is 6.08 Å². The second kappa shape index (κ2) is 13.8. The van der Waals surface area contributed by atoms with Crippen LogP contribution in [0.3, 0.4) is 0 Å². The summed E-state index contributed by atoms with van der Waals surface area (Å²) in [7, 11) is 1.69. The van der Waals surface area contributed by atoms with E-state index in [9.17, 15) is 9.59 Å². The number of nitrogens with zero attached hydrogens (tertiary/aromatic N) is 3. The minimum Gasteiger partial charge on any atom is -0.497 e. The fourth-order valence-electron chi connectivity index (χ4n) is 5.86. The second-order valence-corrected chi connectivity index (χ2v) is 12.4. The number of benzene rings is 2. The van der Waals surface area contributed by atoms with E-state index >= 15 is 0 Å². The van der Waals surface area contributed by atoms with Crippen molar-refractivity contribution >= 4 is 46.9 Å². The Morgan fingerprint density at radius 3 is 2.58 bits per heavy atom. The average Bonchev–Trinajstić information content (AvgIpc) is 2.99. The number of ether oxygens (including phenoxy) is 1. The highest BCUT2D eigenvalue weighted by molar-refractivity contribution is 8.04. The van der Waals surface area contributed by atoms with E-state index < -0.39 is 0 Å². The van der Waals surface area contributed by atoms with Gasteiger partial charge in [0.15, 0.2) is 0 Å². The molecule has 214 valence electrons. The summed E-state index contributed by atoms with van der Waals surface area (Å²) in [5, 5.41) is 4.02. The van der Waals surface area contributed by atoms with E-state index in [1.165, 1.54) is 5.69 Å². The summed E-state index contributed by atoms with van der Waals surface area (Å²) in [4.78, 5) is 33.8. The maximum atomic E-state index is 13.5. The first kappa shape index (κ1) is 28.8. The first-order valence-electron chi connectivity index (χ1n) is 14.3. The fourth-order valence-corrected chi connectivity index (χ4v) is 7.51. The van der Waals surface area contributed by atoms with Crippen LogP contribution in [0.1, 0.15) is 37.7 Å². The van der Waals surface area contributed by atoms with E-state index in [1.54, 1.807) is 18.9 Å². The van der Waals surface area contributed by atoms with Gasteiger partial charge in [-0.2, -0.15) is 0 Å². The van der Waals surface area contributed by atoms with Gasteiger partial charge in [-0.05, 0) is 67.8 Å². The third-order valence-corrected chi connectivity index (χ3v) is 9.85. The van der Waals surface area contributed by atoms with Gasteiger partial charge in [0.05, 0.1) is 12.0 Å². The maximum absolute atomic E-state index is 13.5. The number of halogens is 1. The average molecular weight is 583 g/mol. The predicted octanol–water partition coefficient (Wildman–Crippen LogP) is 4.90. The fraction of sp³-hybridized carbons (Fsp3) is 0.484. The molecule has 1 N–H and O–H groups in total. The van der Waals surface area contributed by atoms with Crippen LogP contribution in [0.4, 0.5) is 5.69 Å². The SMILES string of the molecule is COc1ccc(N2CCN(CCCNC(=O)CN3C(=O)/C(=C\c4ccccc4Cl)SC4CCCCC43)CC2)cc1. The second-order valence-electron chi connectivity index (χ2n) is 10.7.